The van der Waals surface area contributed by atoms with E-state index in [-0.39, 0.29) is 19.8 Å². The molecule has 2 aromatic rings. The number of amides is 1. The lowest BCUT2D eigenvalue weighted by atomic mass is 10.2. The second-order valence-corrected chi connectivity index (χ2v) is 8.09. The van der Waals surface area contributed by atoms with E-state index >= 15 is 0 Å². The molecule has 0 aliphatic rings. The first kappa shape index (κ1) is 19.7. The molecule has 0 saturated carbocycles. The summed E-state index contributed by atoms with van der Waals surface area (Å²) in [6.45, 7) is 3.99. The summed E-state index contributed by atoms with van der Waals surface area (Å²) in [5.74, 6) is -0.907. The molecule has 0 aliphatic carbocycles. The fourth-order valence-corrected chi connectivity index (χ4v) is 5.16. The third-order valence-corrected chi connectivity index (χ3v) is 6.60. The molecular formula is C17H22NO5PS. The van der Waals surface area contributed by atoms with Gasteiger partial charge in [0.05, 0.1) is 13.2 Å². The quantitative estimate of drug-likeness (QED) is 0.621. The average Bonchev–Trinajstić information content (AvgIpc) is 3.13. The van der Waals surface area contributed by atoms with Gasteiger partial charge in [-0.3, -0.25) is 4.57 Å². The van der Waals surface area contributed by atoms with Crippen LogP contribution in [-0.2, 0) is 25.0 Å². The van der Waals surface area contributed by atoms with Crippen LogP contribution in [0.2, 0.25) is 0 Å². The molecule has 1 unspecified atom stereocenters. The van der Waals surface area contributed by atoms with E-state index in [4.69, 9.17) is 13.8 Å². The Bertz CT molecular complexity index is 682. The predicted octanol–water partition coefficient (Wildman–Crippen LogP) is 4.94. The third-order valence-electron chi connectivity index (χ3n) is 3.21. The van der Waals surface area contributed by atoms with E-state index in [1.54, 1.807) is 19.9 Å². The molecule has 1 N–H and O–H groups in total. The number of carbonyl (C=O) groups excluding carboxylic acids is 1. The Morgan fingerprint density at radius 3 is 2.36 bits per heavy atom. The van der Waals surface area contributed by atoms with E-state index in [9.17, 15) is 9.36 Å². The van der Waals surface area contributed by atoms with Gasteiger partial charge in [-0.15, -0.1) is 11.3 Å². The molecule has 0 bridgehead atoms. The molecule has 1 amide bonds. The minimum absolute atomic E-state index is 0.122. The fraction of sp³-hybridized carbons (Fsp3) is 0.353. The van der Waals surface area contributed by atoms with Gasteiger partial charge in [-0.05, 0) is 30.9 Å². The van der Waals surface area contributed by atoms with Gasteiger partial charge in [-0.25, -0.2) is 4.79 Å². The maximum Gasteiger partial charge on any atom is 0.408 e. The number of benzene rings is 1. The van der Waals surface area contributed by atoms with Crippen molar-refractivity contribution in [2.45, 2.75) is 26.2 Å². The molecule has 1 aromatic carbocycles. The Hall–Kier alpha value is -1.66. The van der Waals surface area contributed by atoms with Crippen LogP contribution in [0.4, 0.5) is 4.79 Å². The second kappa shape index (κ2) is 9.73. The van der Waals surface area contributed by atoms with Gasteiger partial charge in [0.15, 0.2) is 5.78 Å². The Morgan fingerprint density at radius 1 is 1.12 bits per heavy atom. The summed E-state index contributed by atoms with van der Waals surface area (Å²) < 4.78 is 29.1. The summed E-state index contributed by atoms with van der Waals surface area (Å²) in [4.78, 5) is 12.9. The average molecular weight is 383 g/mol. The minimum Gasteiger partial charge on any atom is -0.445 e. The largest absolute Gasteiger partial charge is 0.445 e. The van der Waals surface area contributed by atoms with Crippen LogP contribution in [-0.4, -0.2) is 19.3 Å². The zero-order chi connectivity index (χ0) is 18.1. The van der Waals surface area contributed by atoms with Crippen LogP contribution in [0, 0.1) is 0 Å². The van der Waals surface area contributed by atoms with Crippen molar-refractivity contribution in [1.29, 1.82) is 0 Å². The molecule has 2 rings (SSSR count). The monoisotopic (exact) mass is 383 g/mol. The molecule has 1 aromatic heterocycles. The summed E-state index contributed by atoms with van der Waals surface area (Å²) in [5, 5.41) is 4.47. The standard InChI is InChI=1S/C17H22NO5PS/c1-3-22-24(20,23-4-2)16(15-11-8-12-25-15)18-17(19)21-13-14-9-6-5-7-10-14/h5-12,16H,3-4,13H2,1-2H3,(H,18,19). The van der Waals surface area contributed by atoms with Gasteiger partial charge in [0.2, 0.25) is 0 Å². The number of hydrogen-bond donors (Lipinski definition) is 1. The number of ether oxygens (including phenoxy) is 1. The molecule has 0 aliphatic heterocycles. The maximum absolute atomic E-state index is 13.1. The number of carbonyl (C=O) groups is 1. The Kier molecular flexibility index (Phi) is 7.65. The van der Waals surface area contributed by atoms with Gasteiger partial charge >= 0.3 is 13.7 Å². The van der Waals surface area contributed by atoms with E-state index in [1.165, 1.54) is 11.3 Å². The number of rotatable bonds is 9. The van der Waals surface area contributed by atoms with E-state index in [0.717, 1.165) is 5.56 Å². The molecule has 1 heterocycles. The van der Waals surface area contributed by atoms with Crippen LogP contribution in [0.3, 0.4) is 0 Å². The topological polar surface area (TPSA) is 73.9 Å². The number of alkyl carbamates (subject to hydrolysis) is 1. The second-order valence-electron chi connectivity index (χ2n) is 5.00. The van der Waals surface area contributed by atoms with Crippen LogP contribution in [0.1, 0.15) is 30.1 Å². The van der Waals surface area contributed by atoms with Crippen molar-refractivity contribution < 1.29 is 23.1 Å². The number of nitrogens with one attached hydrogen (secondary N) is 1. The normalized spacial score (nSPS) is 12.6. The zero-order valence-corrected chi connectivity index (χ0v) is 15.9. The lowest BCUT2D eigenvalue weighted by Crippen LogP contribution is -2.29. The smallest absolute Gasteiger partial charge is 0.408 e. The van der Waals surface area contributed by atoms with Crippen LogP contribution in [0.15, 0.2) is 47.8 Å². The van der Waals surface area contributed by atoms with Crippen molar-refractivity contribution in [3.63, 3.8) is 0 Å². The molecule has 0 radical (unpaired) electrons. The number of thiophene rings is 1. The molecule has 0 saturated heterocycles. The summed E-state index contributed by atoms with van der Waals surface area (Å²) in [5.41, 5.74) is 0.864. The van der Waals surface area contributed by atoms with Crippen molar-refractivity contribution in [1.82, 2.24) is 5.32 Å². The Morgan fingerprint density at radius 2 is 1.80 bits per heavy atom. The Balaban J connectivity index is 2.10. The summed E-state index contributed by atoms with van der Waals surface area (Å²) in [6, 6.07) is 12.9. The van der Waals surface area contributed by atoms with Crippen molar-refractivity contribution >= 4 is 25.0 Å². The lowest BCUT2D eigenvalue weighted by Gasteiger charge is -2.26. The summed E-state index contributed by atoms with van der Waals surface area (Å²) >= 11 is 1.36. The first-order chi connectivity index (χ1) is 12.1. The van der Waals surface area contributed by atoms with Crippen LogP contribution >= 0.6 is 18.9 Å². The Labute approximate surface area is 151 Å². The highest BCUT2D eigenvalue weighted by atomic mass is 32.1. The first-order valence-corrected chi connectivity index (χ1v) is 10.5. The highest BCUT2D eigenvalue weighted by molar-refractivity contribution is 7.54. The third kappa shape index (κ3) is 5.68. The molecular weight excluding hydrogens is 361 g/mol. The SMILES string of the molecule is CCOP(=O)(OCC)C(NC(=O)OCc1ccccc1)c1cccs1. The predicted molar refractivity (Wildman–Crippen MR) is 97.7 cm³/mol. The fourth-order valence-electron chi connectivity index (χ4n) is 2.18. The maximum atomic E-state index is 13.1. The van der Waals surface area contributed by atoms with Crippen molar-refractivity contribution in [3.8, 4) is 0 Å². The van der Waals surface area contributed by atoms with Crippen molar-refractivity contribution in [2.75, 3.05) is 13.2 Å². The van der Waals surface area contributed by atoms with Gasteiger partial charge in [0, 0.05) is 4.88 Å². The van der Waals surface area contributed by atoms with Crippen LogP contribution in [0.5, 0.6) is 0 Å². The minimum atomic E-state index is -3.57. The molecule has 136 valence electrons. The summed E-state index contributed by atoms with van der Waals surface area (Å²) in [6.07, 6.45) is -0.679. The lowest BCUT2D eigenvalue weighted by molar-refractivity contribution is 0.135. The van der Waals surface area contributed by atoms with E-state index < -0.39 is 19.5 Å². The van der Waals surface area contributed by atoms with E-state index in [1.807, 2.05) is 41.8 Å². The molecule has 25 heavy (non-hydrogen) atoms. The van der Waals surface area contributed by atoms with Crippen molar-refractivity contribution in [3.05, 3.63) is 58.3 Å². The molecule has 6 nitrogen and oxygen atoms in total. The first-order valence-electron chi connectivity index (χ1n) is 7.98. The highest BCUT2D eigenvalue weighted by Gasteiger charge is 2.39. The highest BCUT2D eigenvalue weighted by Crippen LogP contribution is 2.60. The van der Waals surface area contributed by atoms with E-state index in [2.05, 4.69) is 5.32 Å². The van der Waals surface area contributed by atoms with Gasteiger partial charge in [0.1, 0.15) is 6.61 Å². The van der Waals surface area contributed by atoms with Crippen LogP contribution < -0.4 is 5.32 Å². The van der Waals surface area contributed by atoms with Gasteiger partial charge in [-0.1, -0.05) is 36.4 Å². The van der Waals surface area contributed by atoms with Crippen molar-refractivity contribution in [2.24, 2.45) is 0 Å². The molecule has 8 heteroatoms. The van der Waals surface area contributed by atoms with E-state index in [0.29, 0.717) is 4.88 Å². The van der Waals surface area contributed by atoms with Gasteiger partial charge in [0.25, 0.3) is 0 Å². The van der Waals surface area contributed by atoms with Gasteiger partial charge in [-0.2, -0.15) is 0 Å². The zero-order valence-electron chi connectivity index (χ0n) is 14.2. The molecule has 1 atom stereocenters. The van der Waals surface area contributed by atoms with Gasteiger partial charge < -0.3 is 19.1 Å². The number of hydrogen-bond acceptors (Lipinski definition) is 6. The van der Waals surface area contributed by atoms with Crippen LogP contribution in [0.25, 0.3) is 0 Å². The molecule has 0 fully saturated rings. The molecule has 0 spiro atoms. The summed E-state index contributed by atoms with van der Waals surface area (Å²) in [7, 11) is -3.57.